The minimum atomic E-state index is -0.323. The number of rotatable bonds is 2. The molecule has 2 heterocycles. The molecule has 0 spiro atoms. The largest absolute Gasteiger partial charge is 0.364 e. The Kier molecular flexibility index (Phi) is 3.18. The normalized spacial score (nSPS) is 23.7. The van der Waals surface area contributed by atoms with E-state index in [9.17, 15) is 4.79 Å². The molecule has 19 heavy (non-hydrogen) atoms. The van der Waals surface area contributed by atoms with Gasteiger partial charge in [-0.25, -0.2) is 9.89 Å². The number of hydrogen-bond donors (Lipinski definition) is 1. The lowest BCUT2D eigenvalue weighted by atomic mass is 9.94. The third-order valence-electron chi connectivity index (χ3n) is 3.77. The molecule has 1 saturated carbocycles. The maximum Gasteiger partial charge on any atom is 0.364 e. The van der Waals surface area contributed by atoms with Crippen molar-refractivity contribution in [2.24, 2.45) is 0 Å². The van der Waals surface area contributed by atoms with Crippen molar-refractivity contribution in [3.05, 3.63) is 22.6 Å². The number of aromatic nitrogens is 4. The molecule has 1 fully saturated rings. The topological polar surface area (TPSA) is 66.3 Å². The highest BCUT2D eigenvalue weighted by molar-refractivity contribution is 6.21. The maximum absolute atomic E-state index is 11.5. The number of nitrogens with zero attached hydrogens (tertiary/aromatic N) is 4. The number of anilines is 1. The summed E-state index contributed by atoms with van der Waals surface area (Å²) in [7, 11) is 1.98. The highest BCUT2D eigenvalue weighted by atomic mass is 35.5. The first-order chi connectivity index (χ1) is 9.16. The van der Waals surface area contributed by atoms with Gasteiger partial charge in [0.05, 0.1) is 5.38 Å². The van der Waals surface area contributed by atoms with E-state index in [2.05, 4.69) is 20.2 Å². The Labute approximate surface area is 115 Å². The Hall–Kier alpha value is -1.56. The van der Waals surface area contributed by atoms with Crippen molar-refractivity contribution in [3.63, 3.8) is 0 Å². The van der Waals surface area contributed by atoms with E-state index in [0.29, 0.717) is 5.65 Å². The quantitative estimate of drug-likeness (QED) is 0.845. The summed E-state index contributed by atoms with van der Waals surface area (Å²) in [5.74, 6) is 0.744. The third-order valence-corrected chi connectivity index (χ3v) is 4.27. The summed E-state index contributed by atoms with van der Waals surface area (Å²) >= 11 is 6.40. The van der Waals surface area contributed by atoms with Crippen LogP contribution in [-0.4, -0.2) is 38.3 Å². The molecule has 0 saturated heterocycles. The fourth-order valence-corrected chi connectivity index (χ4v) is 3.10. The van der Waals surface area contributed by atoms with Gasteiger partial charge < -0.3 is 4.90 Å². The van der Waals surface area contributed by atoms with E-state index in [1.807, 2.05) is 13.1 Å². The number of fused-ring (bicyclic) bond motifs is 1. The number of hydrogen-bond acceptors (Lipinski definition) is 4. The van der Waals surface area contributed by atoms with E-state index in [4.69, 9.17) is 11.6 Å². The van der Waals surface area contributed by atoms with Crippen LogP contribution in [0, 0.1) is 0 Å². The van der Waals surface area contributed by atoms with Gasteiger partial charge in [0.15, 0.2) is 5.65 Å². The Morgan fingerprint density at radius 3 is 3.00 bits per heavy atom. The van der Waals surface area contributed by atoms with Crippen molar-refractivity contribution in [2.45, 2.75) is 37.1 Å². The van der Waals surface area contributed by atoms with E-state index in [1.165, 1.54) is 17.4 Å². The lowest BCUT2D eigenvalue weighted by Crippen LogP contribution is -2.41. The van der Waals surface area contributed by atoms with Crippen molar-refractivity contribution in [1.82, 2.24) is 19.8 Å². The van der Waals surface area contributed by atoms with Gasteiger partial charge in [-0.2, -0.15) is 9.61 Å². The van der Waals surface area contributed by atoms with Gasteiger partial charge >= 0.3 is 5.69 Å². The lowest BCUT2D eigenvalue weighted by molar-refractivity contribution is 0.431. The maximum atomic E-state index is 11.5. The van der Waals surface area contributed by atoms with E-state index in [-0.39, 0.29) is 17.1 Å². The van der Waals surface area contributed by atoms with Crippen molar-refractivity contribution >= 4 is 23.1 Å². The monoisotopic (exact) mass is 281 g/mol. The molecule has 0 amide bonds. The Morgan fingerprint density at radius 1 is 1.42 bits per heavy atom. The van der Waals surface area contributed by atoms with Gasteiger partial charge in [0.1, 0.15) is 5.82 Å². The van der Waals surface area contributed by atoms with Crippen molar-refractivity contribution in [2.75, 3.05) is 11.9 Å². The summed E-state index contributed by atoms with van der Waals surface area (Å²) in [6.45, 7) is 0. The molecule has 2 atom stereocenters. The zero-order chi connectivity index (χ0) is 13.4. The molecule has 1 N–H and O–H groups in total. The molecule has 0 aliphatic heterocycles. The average molecular weight is 282 g/mol. The molecular weight excluding hydrogens is 266 g/mol. The van der Waals surface area contributed by atoms with E-state index >= 15 is 0 Å². The lowest BCUT2D eigenvalue weighted by Gasteiger charge is -2.35. The number of halogens is 1. The van der Waals surface area contributed by atoms with Crippen molar-refractivity contribution in [3.8, 4) is 0 Å². The zero-order valence-corrected chi connectivity index (χ0v) is 11.5. The van der Waals surface area contributed by atoms with Crippen LogP contribution in [0.15, 0.2) is 16.9 Å². The van der Waals surface area contributed by atoms with Crippen molar-refractivity contribution in [1.29, 1.82) is 0 Å². The molecule has 1 aliphatic rings. The van der Waals surface area contributed by atoms with Gasteiger partial charge in [-0.3, -0.25) is 0 Å². The Morgan fingerprint density at radius 2 is 2.21 bits per heavy atom. The van der Waals surface area contributed by atoms with Crippen LogP contribution in [0.25, 0.3) is 5.65 Å². The smallest absolute Gasteiger partial charge is 0.354 e. The van der Waals surface area contributed by atoms with E-state index < -0.39 is 0 Å². The fourth-order valence-electron chi connectivity index (χ4n) is 2.65. The summed E-state index contributed by atoms with van der Waals surface area (Å²) in [4.78, 5) is 13.6. The Bertz CT molecular complexity index is 636. The zero-order valence-electron chi connectivity index (χ0n) is 10.7. The summed E-state index contributed by atoms with van der Waals surface area (Å²) in [5, 5.41) is 10.7. The third kappa shape index (κ3) is 2.20. The Balaban J connectivity index is 1.94. The number of aromatic amines is 1. The molecule has 7 heteroatoms. The fraction of sp³-hybridized carbons (Fsp3) is 0.583. The molecule has 0 bridgehead atoms. The number of alkyl halides is 1. The van der Waals surface area contributed by atoms with Crippen LogP contribution in [0.1, 0.15) is 25.7 Å². The molecule has 2 aromatic heterocycles. The first-order valence-corrected chi connectivity index (χ1v) is 6.92. The first kappa shape index (κ1) is 12.5. The molecule has 2 aromatic rings. The van der Waals surface area contributed by atoms with Crippen LogP contribution in [-0.2, 0) is 0 Å². The molecule has 2 unspecified atom stereocenters. The van der Waals surface area contributed by atoms with Gasteiger partial charge in [-0.05, 0) is 25.0 Å². The van der Waals surface area contributed by atoms with Crippen LogP contribution in [0.4, 0.5) is 5.82 Å². The second-order valence-corrected chi connectivity index (χ2v) is 5.53. The predicted octanol–water partition coefficient (Wildman–Crippen LogP) is 1.40. The number of H-pyrrole nitrogens is 1. The molecule has 1 aliphatic carbocycles. The average Bonchev–Trinajstić information content (AvgIpc) is 2.80. The van der Waals surface area contributed by atoms with Crippen LogP contribution in [0.3, 0.4) is 0 Å². The highest BCUT2D eigenvalue weighted by Crippen LogP contribution is 2.28. The van der Waals surface area contributed by atoms with Crippen molar-refractivity contribution < 1.29 is 0 Å². The number of nitrogens with one attached hydrogen (secondary N) is 1. The standard InChI is InChI=1S/C12H16ClN5O/c1-17(9-5-3-2-4-8(9)13)11-7-6-10-14-15-12(19)18(10)16-11/h6-9H,2-5H2,1H3,(H,15,19). The molecule has 0 aromatic carbocycles. The van der Waals surface area contributed by atoms with Gasteiger partial charge in [-0.15, -0.1) is 16.7 Å². The second-order valence-electron chi connectivity index (χ2n) is 4.97. The SMILES string of the molecule is CN(c1ccc2n[nH]c(=O)n2n1)C1CCCCC1Cl. The second kappa shape index (κ2) is 4.85. The van der Waals surface area contributed by atoms with Crippen LogP contribution < -0.4 is 10.6 Å². The van der Waals surface area contributed by atoms with Gasteiger partial charge in [0.25, 0.3) is 0 Å². The van der Waals surface area contributed by atoms with Crippen LogP contribution in [0.2, 0.25) is 0 Å². The molecule has 102 valence electrons. The first-order valence-electron chi connectivity index (χ1n) is 6.48. The van der Waals surface area contributed by atoms with E-state index in [0.717, 1.165) is 18.7 Å². The van der Waals surface area contributed by atoms with Gasteiger partial charge in [0.2, 0.25) is 0 Å². The highest BCUT2D eigenvalue weighted by Gasteiger charge is 2.27. The van der Waals surface area contributed by atoms with Gasteiger partial charge in [-0.1, -0.05) is 12.8 Å². The summed E-state index contributed by atoms with van der Waals surface area (Å²) in [5.41, 5.74) is 0.199. The summed E-state index contributed by atoms with van der Waals surface area (Å²) < 4.78 is 1.28. The molecule has 0 radical (unpaired) electrons. The predicted molar refractivity (Wildman–Crippen MR) is 73.9 cm³/mol. The minimum Gasteiger partial charge on any atom is -0.354 e. The summed E-state index contributed by atoms with van der Waals surface area (Å²) in [6.07, 6.45) is 4.47. The van der Waals surface area contributed by atoms with Gasteiger partial charge in [0, 0.05) is 13.1 Å². The molecular formula is C12H16ClN5O. The minimum absolute atomic E-state index is 0.136. The van der Waals surface area contributed by atoms with E-state index in [1.54, 1.807) is 6.07 Å². The van der Waals surface area contributed by atoms with Crippen LogP contribution >= 0.6 is 11.6 Å². The summed E-state index contributed by atoms with van der Waals surface area (Å²) in [6, 6.07) is 3.92. The molecule has 6 nitrogen and oxygen atoms in total. The van der Waals surface area contributed by atoms with Crippen LogP contribution in [0.5, 0.6) is 0 Å². The molecule has 3 rings (SSSR count).